The molecule has 0 saturated carbocycles. The first-order chi connectivity index (χ1) is 2.64. The van der Waals surface area contributed by atoms with Crippen molar-refractivity contribution in [3.63, 3.8) is 0 Å². The molecule has 0 atom stereocenters. The molecule has 0 radical (unpaired) electrons. The first-order valence-electron chi connectivity index (χ1n) is 1.11. The zero-order valence-corrected chi connectivity index (χ0v) is 3.21. The van der Waals surface area contributed by atoms with Gasteiger partial charge in [0.05, 0.1) is 0 Å². The summed E-state index contributed by atoms with van der Waals surface area (Å²) in [4.78, 5) is 18.2. The van der Waals surface area contributed by atoms with Crippen LogP contribution in [0, 0.1) is 0 Å². The van der Waals surface area contributed by atoms with E-state index < -0.39 is 11.9 Å². The molecule has 50 valence electrons. The molecule has 0 bridgehead atoms. The largest absolute Gasteiger partial charge is 0.316 e. The van der Waals surface area contributed by atoms with Crippen molar-refractivity contribution in [2.45, 2.75) is 0 Å². The molecule has 9 heavy (non-hydrogen) atoms. The van der Waals surface area contributed by atoms with Crippen molar-refractivity contribution >= 4 is 72.7 Å². The Labute approximate surface area is 96.9 Å². The minimum atomic E-state index is -1.82. The molecule has 0 aliphatic rings. The second-order valence-electron chi connectivity index (χ2n) is 0.610. The Bertz CT molecular complexity index is 81.0. The number of carboxylic acids is 2. The molecule has 7 heteroatoms. The molecule has 0 saturated heterocycles. The summed E-state index contributed by atoms with van der Waals surface area (Å²) in [6.07, 6.45) is 0. The molecule has 0 aliphatic carbocycles. The summed E-state index contributed by atoms with van der Waals surface area (Å²) >= 11 is 0. The molecular formula is C2H8CaMgO5. The number of carbonyl (C=O) groups is 2. The standard InChI is InChI=1S/C2H2O4.Ca.Mg.H2O.4H/c3-1(4)2(5)6;;;;;;;/h(H,3,4)(H,5,6);;;1H2;;;;. The molecule has 0 aromatic heterocycles. The Morgan fingerprint density at radius 1 is 1.00 bits per heavy atom. The normalized spacial score (nSPS) is 4.89. The van der Waals surface area contributed by atoms with Gasteiger partial charge in [-0.2, -0.15) is 0 Å². The first kappa shape index (κ1) is 22.5. The Kier molecular flexibility index (Phi) is 29.2. The molecule has 0 amide bonds. The van der Waals surface area contributed by atoms with Gasteiger partial charge in [-0.25, -0.2) is 9.59 Å². The van der Waals surface area contributed by atoms with Crippen molar-refractivity contribution in [3.8, 4) is 0 Å². The van der Waals surface area contributed by atoms with Gasteiger partial charge in [0.1, 0.15) is 0 Å². The summed E-state index contributed by atoms with van der Waals surface area (Å²) in [5, 5.41) is 14.8. The van der Waals surface area contributed by atoms with E-state index in [0.29, 0.717) is 0 Å². The molecule has 5 nitrogen and oxygen atoms in total. The van der Waals surface area contributed by atoms with Crippen LogP contribution in [0.25, 0.3) is 0 Å². The molecule has 0 fully saturated rings. The van der Waals surface area contributed by atoms with Gasteiger partial charge >= 0.3 is 72.7 Å². The van der Waals surface area contributed by atoms with E-state index in [1.807, 2.05) is 0 Å². The number of carboxylic acid groups (broad SMARTS) is 2. The average molecular weight is 176 g/mol. The minimum absolute atomic E-state index is 0. The van der Waals surface area contributed by atoms with E-state index in [4.69, 9.17) is 19.8 Å². The van der Waals surface area contributed by atoms with Gasteiger partial charge in [0.15, 0.2) is 0 Å². The van der Waals surface area contributed by atoms with Crippen LogP contribution >= 0.6 is 0 Å². The molecule has 0 rings (SSSR count). The van der Waals surface area contributed by atoms with E-state index in [0.717, 1.165) is 0 Å². The van der Waals surface area contributed by atoms with Crippen molar-refractivity contribution in [1.82, 2.24) is 0 Å². The Hall–Kier alpha value is 0.926. The van der Waals surface area contributed by atoms with Crippen molar-refractivity contribution in [3.05, 3.63) is 0 Å². The van der Waals surface area contributed by atoms with Crippen LogP contribution in [0.1, 0.15) is 0 Å². The molecule has 0 spiro atoms. The van der Waals surface area contributed by atoms with Crippen molar-refractivity contribution < 1.29 is 25.3 Å². The summed E-state index contributed by atoms with van der Waals surface area (Å²) in [6.45, 7) is 0. The Morgan fingerprint density at radius 3 is 1.11 bits per heavy atom. The smallest absolute Gasteiger partial charge is 0.316 e. The second kappa shape index (κ2) is 11.7. The molecule has 0 aromatic carbocycles. The fourth-order valence-corrected chi connectivity index (χ4v) is 0. The fourth-order valence-electron chi connectivity index (χ4n) is 0. The maximum atomic E-state index is 9.10. The third kappa shape index (κ3) is 17.6. The quantitative estimate of drug-likeness (QED) is 0.295. The van der Waals surface area contributed by atoms with Gasteiger partial charge in [-0.3, -0.25) is 0 Å². The maximum Gasteiger partial charge on any atom is 0.316 e. The van der Waals surface area contributed by atoms with Gasteiger partial charge in [0, 0.05) is 0 Å². The third-order valence-electron chi connectivity index (χ3n) is 0.183. The first-order valence-corrected chi connectivity index (χ1v) is 1.11. The van der Waals surface area contributed by atoms with E-state index in [9.17, 15) is 0 Å². The van der Waals surface area contributed by atoms with Crippen molar-refractivity contribution in [1.29, 1.82) is 0 Å². The molecule has 0 aliphatic heterocycles. The summed E-state index contributed by atoms with van der Waals surface area (Å²) in [7, 11) is 0. The molecule has 4 N–H and O–H groups in total. The van der Waals surface area contributed by atoms with Gasteiger partial charge in [-0.15, -0.1) is 0 Å². The van der Waals surface area contributed by atoms with E-state index in [-0.39, 0.29) is 66.3 Å². The predicted molar refractivity (Wildman–Crippen MR) is 36.0 cm³/mol. The zero-order chi connectivity index (χ0) is 5.15. The SMILES string of the molecule is O.O=C(O)C(=O)O.[CaH2].[MgH2]. The van der Waals surface area contributed by atoms with Crippen LogP contribution in [0.2, 0.25) is 0 Å². The number of hydrogen-bond acceptors (Lipinski definition) is 2. The zero-order valence-electron chi connectivity index (χ0n) is 3.21. The van der Waals surface area contributed by atoms with E-state index >= 15 is 0 Å². The van der Waals surface area contributed by atoms with Crippen LogP contribution in [-0.2, 0) is 9.59 Å². The maximum absolute atomic E-state index is 9.10. The minimum Gasteiger partial charge on any atom is 0.316 e. The molecular weight excluding hydrogens is 168 g/mol. The number of rotatable bonds is 0. The Balaban J connectivity index is -0.0000000417. The average Bonchev–Trinajstić information content (AvgIpc) is 1.36. The molecule has 0 unspecified atom stereocenters. The number of aliphatic carboxylic acids is 2. The number of hydrogen-bond donors (Lipinski definition) is 2. The monoisotopic (exact) mass is 176 g/mol. The topological polar surface area (TPSA) is 106 Å². The predicted octanol–water partition coefficient (Wildman–Crippen LogP) is -3.50. The molecule has 0 aromatic rings. The van der Waals surface area contributed by atoms with Crippen molar-refractivity contribution in [2.75, 3.05) is 0 Å². The third-order valence-corrected chi connectivity index (χ3v) is 0.183. The second-order valence-corrected chi connectivity index (χ2v) is 0.610. The van der Waals surface area contributed by atoms with Gasteiger partial charge in [0.25, 0.3) is 0 Å². The van der Waals surface area contributed by atoms with Crippen LogP contribution in [0.3, 0.4) is 0 Å². The van der Waals surface area contributed by atoms with E-state index in [2.05, 4.69) is 0 Å². The van der Waals surface area contributed by atoms with E-state index in [1.54, 1.807) is 0 Å². The van der Waals surface area contributed by atoms with Crippen LogP contribution in [0.15, 0.2) is 0 Å². The van der Waals surface area contributed by atoms with Gasteiger partial charge in [-0.1, -0.05) is 0 Å². The summed E-state index contributed by atoms with van der Waals surface area (Å²) in [6, 6.07) is 0. The molecule has 0 heterocycles. The van der Waals surface area contributed by atoms with E-state index in [1.165, 1.54) is 0 Å². The van der Waals surface area contributed by atoms with Crippen molar-refractivity contribution in [2.24, 2.45) is 0 Å². The van der Waals surface area contributed by atoms with Gasteiger partial charge in [-0.05, 0) is 0 Å². The fraction of sp³-hybridized carbons (Fsp3) is 0. The summed E-state index contributed by atoms with van der Waals surface area (Å²) < 4.78 is 0. The summed E-state index contributed by atoms with van der Waals surface area (Å²) in [5.41, 5.74) is 0. The van der Waals surface area contributed by atoms with Gasteiger partial charge < -0.3 is 15.7 Å². The van der Waals surface area contributed by atoms with Gasteiger partial charge in [0.2, 0.25) is 0 Å². The van der Waals surface area contributed by atoms with Crippen LogP contribution in [0.4, 0.5) is 0 Å². The van der Waals surface area contributed by atoms with Crippen LogP contribution < -0.4 is 0 Å². The summed E-state index contributed by atoms with van der Waals surface area (Å²) in [5.74, 6) is -3.65. The van der Waals surface area contributed by atoms with Crippen LogP contribution in [-0.4, -0.2) is 88.4 Å². The van der Waals surface area contributed by atoms with Crippen LogP contribution in [0.5, 0.6) is 0 Å². The Morgan fingerprint density at radius 2 is 1.11 bits per heavy atom.